The van der Waals surface area contributed by atoms with Crippen molar-refractivity contribution in [3.8, 4) is 0 Å². The van der Waals surface area contributed by atoms with Gasteiger partial charge in [-0.2, -0.15) is 0 Å². The van der Waals surface area contributed by atoms with Gasteiger partial charge in [0.25, 0.3) is 0 Å². The van der Waals surface area contributed by atoms with Gasteiger partial charge in [0, 0.05) is 0 Å². The van der Waals surface area contributed by atoms with Crippen molar-refractivity contribution in [3.05, 3.63) is 11.6 Å². The number of allylic oxidation sites excluding steroid dienone is 2. The summed E-state index contributed by atoms with van der Waals surface area (Å²) in [5, 5.41) is 152. The van der Waals surface area contributed by atoms with Crippen LogP contribution in [0.25, 0.3) is 0 Å². The Hall–Kier alpha value is -1.67. The average Bonchev–Trinajstić information content (AvgIpc) is 0.930. The number of ether oxygens (including phenoxy) is 9. The molecule has 10 rings (SSSR count). The van der Waals surface area contributed by atoms with Crippen molar-refractivity contribution in [1.29, 1.82) is 0 Å². The van der Waals surface area contributed by atoms with Crippen LogP contribution < -0.4 is 0 Å². The van der Waals surface area contributed by atoms with Gasteiger partial charge in [-0.1, -0.05) is 60.1 Å². The molecule has 0 aromatic heterocycles. The van der Waals surface area contributed by atoms with Crippen molar-refractivity contribution in [2.75, 3.05) is 19.8 Å². The number of hydrogen-bond acceptors (Lipinski definition) is 24. The van der Waals surface area contributed by atoms with Crippen LogP contribution in [0.1, 0.15) is 127 Å². The molecule has 0 unspecified atom stereocenters. The lowest BCUT2D eigenvalue weighted by Gasteiger charge is -2.72. The summed E-state index contributed by atoms with van der Waals surface area (Å²) in [5.74, 6) is -0.572. The van der Waals surface area contributed by atoms with Crippen LogP contribution in [0.5, 0.6) is 0 Å². The van der Waals surface area contributed by atoms with Crippen molar-refractivity contribution in [2.45, 2.75) is 274 Å². The van der Waals surface area contributed by atoms with Crippen LogP contribution in [0, 0.1) is 56.2 Å². The molecule has 0 aromatic carbocycles. The van der Waals surface area contributed by atoms with Gasteiger partial charge in [-0.3, -0.25) is 4.79 Å². The van der Waals surface area contributed by atoms with Gasteiger partial charge in [0.15, 0.2) is 18.9 Å². The highest BCUT2D eigenvalue weighted by Gasteiger charge is 2.71. The Labute approximate surface area is 484 Å². The van der Waals surface area contributed by atoms with Gasteiger partial charge in [0.05, 0.1) is 43.5 Å². The summed E-state index contributed by atoms with van der Waals surface area (Å²) in [7, 11) is 0. The minimum absolute atomic E-state index is 0.117. The zero-order valence-electron chi connectivity index (χ0n) is 49.3. The fourth-order valence-corrected chi connectivity index (χ4v) is 18.0. The Balaban J connectivity index is 0.839. The second-order valence-electron chi connectivity index (χ2n) is 28.7. The summed E-state index contributed by atoms with van der Waals surface area (Å²) in [6, 6.07) is 0. The van der Waals surface area contributed by atoms with Gasteiger partial charge in [0.1, 0.15) is 104 Å². The second kappa shape index (κ2) is 23.3. The van der Waals surface area contributed by atoms with E-state index in [4.69, 9.17) is 42.6 Å². The normalized spacial score (nSPS) is 55.1. The molecular formula is C59H96O24. The van der Waals surface area contributed by atoms with Crippen LogP contribution in [0.15, 0.2) is 11.6 Å². The van der Waals surface area contributed by atoms with E-state index in [1.165, 1.54) is 12.5 Å². The summed E-state index contributed by atoms with van der Waals surface area (Å²) < 4.78 is 53.6. The molecule has 10 aliphatic rings. The van der Waals surface area contributed by atoms with Gasteiger partial charge >= 0.3 is 5.97 Å². The highest BCUT2D eigenvalue weighted by Crippen LogP contribution is 2.76. The third-order valence-corrected chi connectivity index (χ3v) is 23.4. The molecule has 0 aromatic rings. The SMILES string of the molecule is C[C@@H]1O[C@@H](O[C@@H]2[C@@H](O)[C@H](O)CO[C@H]2[C@H]2CC[C@]3(C)[C@H]4CC=C5[C@@H]6CC(C)(C)CC[C@]6(C(=O)O[C@@H]6O[C@H](CO[C@@H]7O[C@H](CO)[C@@H](O[C@@H]8O[C@@H](C)[C@H](O)[C@@H](O)[C@H]8O)[C@H](O)[C@H]7O)[C@@H](O)[C@H](O)[C@H]6O)CC[C@@]5(C)[C@]4(C)CC[C@H]3C2(C)C)[C@H](O)[C@H](O)[C@H]1O. The number of fused-ring (bicyclic) bond motifs is 7. The monoisotopic (exact) mass is 1190 g/mol. The lowest BCUT2D eigenvalue weighted by molar-refractivity contribution is -0.361. The van der Waals surface area contributed by atoms with E-state index in [1.807, 2.05) is 0 Å². The molecule has 5 aliphatic carbocycles. The fraction of sp³-hybridized carbons (Fsp3) is 0.949. The molecular weight excluding hydrogens is 1090 g/mol. The fourth-order valence-electron chi connectivity index (χ4n) is 18.0. The van der Waals surface area contributed by atoms with Crippen LogP contribution in [0.4, 0.5) is 0 Å². The maximum absolute atomic E-state index is 15.2. The quantitative estimate of drug-likeness (QED) is 0.0849. The van der Waals surface area contributed by atoms with Crippen molar-refractivity contribution in [3.63, 3.8) is 0 Å². The average molecular weight is 1190 g/mol. The van der Waals surface area contributed by atoms with E-state index in [0.717, 1.165) is 25.7 Å². The molecule has 5 heterocycles. The Kier molecular flexibility index (Phi) is 18.0. The zero-order valence-corrected chi connectivity index (χ0v) is 49.3. The molecule has 32 atom stereocenters. The van der Waals surface area contributed by atoms with Gasteiger partial charge in [0.2, 0.25) is 6.29 Å². The largest absolute Gasteiger partial charge is 0.432 e. The van der Waals surface area contributed by atoms with E-state index in [9.17, 15) is 71.5 Å². The second-order valence-corrected chi connectivity index (χ2v) is 28.7. The number of esters is 1. The molecule has 0 amide bonds. The van der Waals surface area contributed by atoms with E-state index < -0.39 is 172 Å². The Morgan fingerprint density at radius 2 is 1.14 bits per heavy atom. The number of rotatable bonds is 11. The summed E-state index contributed by atoms with van der Waals surface area (Å²) in [5.41, 5.74) is -1.05. The maximum atomic E-state index is 15.2. The molecule has 83 heavy (non-hydrogen) atoms. The van der Waals surface area contributed by atoms with Crippen molar-refractivity contribution >= 4 is 5.97 Å². The summed E-state index contributed by atoms with van der Waals surface area (Å²) >= 11 is 0. The lowest BCUT2D eigenvalue weighted by atomic mass is 9.33. The number of carbonyl (C=O) groups is 1. The maximum Gasteiger partial charge on any atom is 0.315 e. The molecule has 0 bridgehead atoms. The van der Waals surface area contributed by atoms with E-state index in [-0.39, 0.29) is 57.4 Å². The van der Waals surface area contributed by atoms with Crippen molar-refractivity contribution < 1.29 is 119 Å². The molecule has 476 valence electrons. The first kappa shape index (κ1) is 64.3. The number of carbonyl (C=O) groups excluding carboxylic acids is 1. The summed E-state index contributed by atoms with van der Waals surface area (Å²) in [6.45, 7) is 17.6. The number of hydrogen-bond donors (Lipinski definition) is 14. The van der Waals surface area contributed by atoms with Crippen molar-refractivity contribution in [2.24, 2.45) is 56.2 Å². The van der Waals surface area contributed by atoms with Gasteiger partial charge in [-0.15, -0.1) is 0 Å². The van der Waals surface area contributed by atoms with Crippen LogP contribution in [-0.4, -0.2) is 245 Å². The molecule has 24 heteroatoms. The first-order chi connectivity index (χ1) is 38.8. The van der Waals surface area contributed by atoms with Crippen LogP contribution in [0.3, 0.4) is 0 Å². The molecule has 4 saturated carbocycles. The number of aliphatic hydroxyl groups excluding tert-OH is 14. The molecule has 5 saturated heterocycles. The Bertz CT molecular complexity index is 2330. The smallest absolute Gasteiger partial charge is 0.315 e. The van der Waals surface area contributed by atoms with E-state index in [1.54, 1.807) is 6.92 Å². The molecule has 0 spiro atoms. The topological polar surface area (TPSA) is 383 Å². The molecule has 24 nitrogen and oxygen atoms in total. The van der Waals surface area contributed by atoms with Gasteiger partial charge < -0.3 is 114 Å². The van der Waals surface area contributed by atoms with E-state index in [2.05, 4.69) is 54.5 Å². The molecule has 9 fully saturated rings. The van der Waals surface area contributed by atoms with Crippen molar-refractivity contribution in [1.82, 2.24) is 0 Å². The number of aliphatic hydroxyl groups is 14. The minimum atomic E-state index is -1.88. The predicted molar refractivity (Wildman–Crippen MR) is 285 cm³/mol. The standard InChI is InChI=1S/C59H96O24/c1-24-34(62)38(66)42(70)50(77-24)81-47-30(21-60)79-49(45(73)41(47)69)76-23-31-37(65)40(68)44(72)52(80-31)83-53(74)59-18-16-54(3,4)20-28(59)26-10-11-33-56(7)14-12-27(55(5,6)32(56)13-15-58(33,9)57(26,8)17-19-59)46-48(36(64)29(61)22-75-46)82-51-43(71)39(67)35(63)25(2)78-51/h10,24-25,27-52,60-73H,11-23H2,1-9H3/t24-,25-,27+,28-,29+,30+,31+,32-,33+,34-,35-,36-,37+,38+,39+,40-,41+,42+,43+,44+,45+,46-,47+,48+,49+,50-,51-,52-,56-,57+,58+,59-/m0/s1. The van der Waals surface area contributed by atoms with Crippen LogP contribution in [0.2, 0.25) is 0 Å². The van der Waals surface area contributed by atoms with E-state index >= 15 is 4.79 Å². The lowest BCUT2D eigenvalue weighted by Crippen LogP contribution is -2.67. The minimum Gasteiger partial charge on any atom is -0.432 e. The van der Waals surface area contributed by atoms with Gasteiger partial charge in [-0.25, -0.2) is 0 Å². The molecule has 5 aliphatic heterocycles. The third kappa shape index (κ3) is 10.6. The van der Waals surface area contributed by atoms with Crippen LogP contribution in [-0.2, 0) is 47.4 Å². The Morgan fingerprint density at radius 3 is 1.77 bits per heavy atom. The predicted octanol–water partition coefficient (Wildman–Crippen LogP) is -1.24. The zero-order chi connectivity index (χ0) is 60.6. The highest BCUT2D eigenvalue weighted by molar-refractivity contribution is 5.79. The Morgan fingerprint density at radius 1 is 0.578 bits per heavy atom. The third-order valence-electron chi connectivity index (χ3n) is 23.4. The summed E-state index contributed by atoms with van der Waals surface area (Å²) in [6.07, 6.45) is -26.4. The van der Waals surface area contributed by atoms with Gasteiger partial charge in [-0.05, 0) is 129 Å². The molecule has 0 radical (unpaired) electrons. The van der Waals surface area contributed by atoms with E-state index in [0.29, 0.717) is 38.5 Å². The first-order valence-corrected chi connectivity index (χ1v) is 30.3. The first-order valence-electron chi connectivity index (χ1n) is 30.3. The molecule has 14 N–H and O–H groups in total. The highest BCUT2D eigenvalue weighted by atomic mass is 16.8. The summed E-state index contributed by atoms with van der Waals surface area (Å²) in [4.78, 5) is 15.2. The van der Waals surface area contributed by atoms with Crippen LogP contribution >= 0.6 is 0 Å².